The summed E-state index contributed by atoms with van der Waals surface area (Å²) in [6.07, 6.45) is 2.55. The molecule has 2 aliphatic rings. The second-order valence-corrected chi connectivity index (χ2v) is 5.74. The van der Waals surface area contributed by atoms with Crippen molar-refractivity contribution in [2.45, 2.75) is 12.8 Å². The van der Waals surface area contributed by atoms with Gasteiger partial charge >= 0.3 is 0 Å². The standard InChI is InChI=1S/C14H19ClN2O2/c1-17-4-2-3-10(8-17)7-16-12-6-14-13(5-11(12)15)18-9-19-14/h5-6,10,16H,2-4,7-9H2,1H3. The number of nitrogens with zero attached hydrogens (tertiary/aromatic N) is 1. The third-order valence-electron chi connectivity index (χ3n) is 3.77. The van der Waals surface area contributed by atoms with Crippen LogP contribution in [0.3, 0.4) is 0 Å². The van der Waals surface area contributed by atoms with E-state index >= 15 is 0 Å². The van der Waals surface area contributed by atoms with Crippen LogP contribution < -0.4 is 14.8 Å². The first-order valence-electron chi connectivity index (χ1n) is 6.74. The molecule has 104 valence electrons. The fourth-order valence-corrected chi connectivity index (χ4v) is 2.97. The van der Waals surface area contributed by atoms with Gasteiger partial charge in [0.1, 0.15) is 0 Å². The summed E-state index contributed by atoms with van der Waals surface area (Å²) in [6.45, 7) is 3.59. The van der Waals surface area contributed by atoms with Crippen LogP contribution in [0.15, 0.2) is 12.1 Å². The van der Waals surface area contributed by atoms with Crippen molar-refractivity contribution in [2.75, 3.05) is 38.8 Å². The highest BCUT2D eigenvalue weighted by Crippen LogP contribution is 2.39. The maximum absolute atomic E-state index is 6.25. The number of likely N-dealkylation sites (tertiary alicyclic amines) is 1. The number of nitrogens with one attached hydrogen (secondary N) is 1. The molecule has 0 spiro atoms. The molecule has 0 amide bonds. The van der Waals surface area contributed by atoms with Gasteiger partial charge in [0.05, 0.1) is 10.7 Å². The number of fused-ring (bicyclic) bond motifs is 1. The minimum Gasteiger partial charge on any atom is -0.454 e. The molecule has 1 aromatic rings. The molecule has 1 saturated heterocycles. The third-order valence-corrected chi connectivity index (χ3v) is 4.08. The van der Waals surface area contributed by atoms with Gasteiger partial charge in [-0.05, 0) is 32.4 Å². The summed E-state index contributed by atoms with van der Waals surface area (Å²) in [5.74, 6) is 2.18. The molecule has 1 atom stereocenters. The van der Waals surface area contributed by atoms with Crippen LogP contribution in [0.1, 0.15) is 12.8 Å². The first kappa shape index (κ1) is 12.9. The van der Waals surface area contributed by atoms with Crippen LogP contribution in [0, 0.1) is 5.92 Å². The Morgan fingerprint density at radius 1 is 1.37 bits per heavy atom. The van der Waals surface area contributed by atoms with E-state index in [1.165, 1.54) is 19.4 Å². The minimum absolute atomic E-state index is 0.280. The topological polar surface area (TPSA) is 33.7 Å². The summed E-state index contributed by atoms with van der Waals surface area (Å²) < 4.78 is 10.7. The highest BCUT2D eigenvalue weighted by Gasteiger charge is 2.19. The van der Waals surface area contributed by atoms with Gasteiger partial charge in [0.2, 0.25) is 6.79 Å². The molecule has 1 N–H and O–H groups in total. The summed E-state index contributed by atoms with van der Waals surface area (Å²) in [5.41, 5.74) is 0.930. The Labute approximate surface area is 118 Å². The molecule has 0 aliphatic carbocycles. The number of piperidine rings is 1. The first-order chi connectivity index (χ1) is 9.22. The highest BCUT2D eigenvalue weighted by atomic mass is 35.5. The van der Waals surface area contributed by atoms with Crippen molar-refractivity contribution in [3.63, 3.8) is 0 Å². The quantitative estimate of drug-likeness (QED) is 0.924. The van der Waals surface area contributed by atoms with Crippen molar-refractivity contribution in [3.8, 4) is 11.5 Å². The summed E-state index contributed by atoms with van der Waals surface area (Å²) >= 11 is 6.25. The number of ether oxygens (including phenoxy) is 2. The van der Waals surface area contributed by atoms with Crippen LogP contribution in [-0.4, -0.2) is 38.4 Å². The number of benzene rings is 1. The van der Waals surface area contributed by atoms with E-state index in [0.29, 0.717) is 10.9 Å². The lowest BCUT2D eigenvalue weighted by molar-refractivity contribution is 0.174. The molecule has 1 aromatic carbocycles. The lowest BCUT2D eigenvalue weighted by atomic mass is 9.98. The van der Waals surface area contributed by atoms with Crippen molar-refractivity contribution in [1.29, 1.82) is 0 Å². The Morgan fingerprint density at radius 2 is 2.16 bits per heavy atom. The molecule has 3 rings (SSSR count). The molecular weight excluding hydrogens is 264 g/mol. The highest BCUT2D eigenvalue weighted by molar-refractivity contribution is 6.33. The first-order valence-corrected chi connectivity index (χ1v) is 7.12. The molecule has 5 heteroatoms. The summed E-state index contributed by atoms with van der Waals surface area (Å²) in [7, 11) is 2.18. The van der Waals surface area contributed by atoms with E-state index in [9.17, 15) is 0 Å². The smallest absolute Gasteiger partial charge is 0.231 e. The Balaban J connectivity index is 1.63. The largest absolute Gasteiger partial charge is 0.454 e. The second kappa shape index (κ2) is 5.47. The number of hydrogen-bond donors (Lipinski definition) is 1. The number of hydrogen-bond acceptors (Lipinski definition) is 4. The van der Waals surface area contributed by atoms with Gasteiger partial charge in [-0.1, -0.05) is 11.6 Å². The lowest BCUT2D eigenvalue weighted by Gasteiger charge is -2.30. The van der Waals surface area contributed by atoms with E-state index in [1.54, 1.807) is 0 Å². The number of rotatable bonds is 3. The van der Waals surface area contributed by atoms with Crippen LogP contribution >= 0.6 is 11.6 Å². The Bertz CT molecular complexity index is 467. The Morgan fingerprint density at radius 3 is 2.95 bits per heavy atom. The summed E-state index contributed by atoms with van der Waals surface area (Å²) in [6, 6.07) is 3.75. The van der Waals surface area contributed by atoms with Gasteiger partial charge in [-0.3, -0.25) is 0 Å². The van der Waals surface area contributed by atoms with Crippen LogP contribution in [0.25, 0.3) is 0 Å². The number of halogens is 1. The molecule has 4 nitrogen and oxygen atoms in total. The van der Waals surface area contributed by atoms with Crippen LogP contribution in [0.5, 0.6) is 11.5 Å². The van der Waals surface area contributed by atoms with Crippen molar-refractivity contribution >= 4 is 17.3 Å². The summed E-state index contributed by atoms with van der Waals surface area (Å²) in [4.78, 5) is 2.39. The fourth-order valence-electron chi connectivity index (χ4n) is 2.75. The molecule has 0 aromatic heterocycles. The van der Waals surface area contributed by atoms with E-state index in [4.69, 9.17) is 21.1 Å². The van der Waals surface area contributed by atoms with Crippen molar-refractivity contribution in [2.24, 2.45) is 5.92 Å². The lowest BCUT2D eigenvalue weighted by Crippen LogP contribution is -2.35. The minimum atomic E-state index is 0.280. The summed E-state index contributed by atoms with van der Waals surface area (Å²) in [5, 5.41) is 4.13. The average molecular weight is 283 g/mol. The molecule has 2 aliphatic heterocycles. The zero-order chi connectivity index (χ0) is 13.2. The molecular formula is C14H19ClN2O2. The van der Waals surface area contributed by atoms with Gasteiger partial charge in [0.15, 0.2) is 11.5 Å². The SMILES string of the molecule is CN1CCCC(CNc2cc3c(cc2Cl)OCO3)C1. The normalized spacial score (nSPS) is 22.5. The fraction of sp³-hybridized carbons (Fsp3) is 0.571. The van der Waals surface area contributed by atoms with Gasteiger partial charge in [-0.2, -0.15) is 0 Å². The molecule has 2 heterocycles. The number of anilines is 1. The zero-order valence-corrected chi connectivity index (χ0v) is 11.9. The monoisotopic (exact) mass is 282 g/mol. The Kier molecular flexibility index (Phi) is 3.71. The molecule has 1 unspecified atom stereocenters. The van der Waals surface area contributed by atoms with Crippen LogP contribution in [0.4, 0.5) is 5.69 Å². The van der Waals surface area contributed by atoms with Gasteiger partial charge in [0.25, 0.3) is 0 Å². The van der Waals surface area contributed by atoms with Crippen molar-refractivity contribution < 1.29 is 9.47 Å². The Hall–Kier alpha value is -1.13. The third kappa shape index (κ3) is 2.90. The predicted octanol–water partition coefficient (Wildman–Crippen LogP) is 2.82. The van der Waals surface area contributed by atoms with E-state index in [1.807, 2.05) is 12.1 Å². The van der Waals surface area contributed by atoms with Gasteiger partial charge in [0, 0.05) is 25.2 Å². The van der Waals surface area contributed by atoms with Gasteiger partial charge < -0.3 is 19.7 Å². The van der Waals surface area contributed by atoms with E-state index in [-0.39, 0.29) is 6.79 Å². The molecule has 0 saturated carbocycles. The van der Waals surface area contributed by atoms with Crippen molar-refractivity contribution in [3.05, 3.63) is 17.2 Å². The van der Waals surface area contributed by atoms with Crippen molar-refractivity contribution in [1.82, 2.24) is 4.90 Å². The molecule has 0 radical (unpaired) electrons. The maximum atomic E-state index is 6.25. The predicted molar refractivity (Wildman–Crippen MR) is 76.3 cm³/mol. The average Bonchev–Trinajstić information content (AvgIpc) is 2.83. The second-order valence-electron chi connectivity index (χ2n) is 5.34. The van der Waals surface area contributed by atoms with Gasteiger partial charge in [-0.25, -0.2) is 0 Å². The van der Waals surface area contributed by atoms with Crippen LogP contribution in [0.2, 0.25) is 5.02 Å². The van der Waals surface area contributed by atoms with Crippen LogP contribution in [-0.2, 0) is 0 Å². The molecule has 19 heavy (non-hydrogen) atoms. The van der Waals surface area contributed by atoms with E-state index < -0.39 is 0 Å². The zero-order valence-electron chi connectivity index (χ0n) is 11.1. The van der Waals surface area contributed by atoms with E-state index in [2.05, 4.69) is 17.3 Å². The van der Waals surface area contributed by atoms with Gasteiger partial charge in [-0.15, -0.1) is 0 Å². The van der Waals surface area contributed by atoms with E-state index in [0.717, 1.165) is 30.3 Å². The molecule has 0 bridgehead atoms. The molecule has 1 fully saturated rings. The maximum Gasteiger partial charge on any atom is 0.231 e.